The molecule has 1 fully saturated rings. The van der Waals surface area contributed by atoms with Gasteiger partial charge in [-0.3, -0.25) is 10.4 Å². The molecule has 1 saturated heterocycles. The third-order valence-corrected chi connectivity index (χ3v) is 5.02. The van der Waals surface area contributed by atoms with E-state index in [4.69, 9.17) is 14.2 Å². The van der Waals surface area contributed by atoms with Crippen molar-refractivity contribution < 1.29 is 18.6 Å². The van der Waals surface area contributed by atoms with Crippen LogP contribution in [0.15, 0.2) is 64.7 Å². The van der Waals surface area contributed by atoms with Crippen molar-refractivity contribution in [3.8, 4) is 5.75 Å². The van der Waals surface area contributed by atoms with Gasteiger partial charge in [-0.25, -0.2) is 9.97 Å². The second-order valence-corrected chi connectivity index (χ2v) is 7.73. The molecule has 8 nitrogen and oxygen atoms in total. The summed E-state index contributed by atoms with van der Waals surface area (Å²) in [7, 11) is 0. The lowest BCUT2D eigenvalue weighted by atomic mass is 10.1. The predicted octanol–water partition coefficient (Wildman–Crippen LogP) is 3.63. The van der Waals surface area contributed by atoms with Crippen LogP contribution in [0.2, 0.25) is 0 Å². The number of hydrazone groups is 1. The smallest absolute Gasteiger partial charge is 0.216 e. The molecule has 0 radical (unpaired) electrons. The average Bonchev–Trinajstić information content (AvgIpc) is 2.82. The second-order valence-electron chi connectivity index (χ2n) is 6.92. The SMILES string of the molecule is Fc1cc(OC[C@@H]2COCCO2)c(N/N=C(/Cc2ccccn2)c2ccnc(Br)c2)cn1. The van der Waals surface area contributed by atoms with Crippen LogP contribution >= 0.6 is 15.9 Å². The number of anilines is 1. The molecule has 0 saturated carbocycles. The first-order chi connectivity index (χ1) is 15.7. The maximum atomic E-state index is 13.8. The van der Waals surface area contributed by atoms with E-state index in [1.165, 1.54) is 12.3 Å². The summed E-state index contributed by atoms with van der Waals surface area (Å²) in [4.78, 5) is 12.3. The number of hydrogen-bond acceptors (Lipinski definition) is 8. The van der Waals surface area contributed by atoms with Gasteiger partial charge in [0.05, 0.1) is 31.7 Å². The number of pyridine rings is 3. The molecule has 3 aromatic rings. The van der Waals surface area contributed by atoms with Crippen molar-refractivity contribution in [1.29, 1.82) is 0 Å². The molecule has 4 heterocycles. The topological polar surface area (TPSA) is 90.8 Å². The maximum absolute atomic E-state index is 13.8. The molecule has 0 aliphatic carbocycles. The number of nitrogens with zero attached hydrogens (tertiary/aromatic N) is 4. The van der Waals surface area contributed by atoms with Crippen LogP contribution in [0.25, 0.3) is 0 Å². The van der Waals surface area contributed by atoms with Gasteiger partial charge >= 0.3 is 0 Å². The summed E-state index contributed by atoms with van der Waals surface area (Å²) in [5.74, 6) is -0.370. The van der Waals surface area contributed by atoms with Crippen molar-refractivity contribution in [2.75, 3.05) is 31.9 Å². The summed E-state index contributed by atoms with van der Waals surface area (Å²) in [5.41, 5.74) is 5.81. The number of nitrogens with one attached hydrogen (secondary N) is 1. The largest absolute Gasteiger partial charge is 0.488 e. The van der Waals surface area contributed by atoms with Crippen molar-refractivity contribution in [3.05, 3.63) is 76.8 Å². The highest BCUT2D eigenvalue weighted by Gasteiger charge is 2.17. The van der Waals surface area contributed by atoms with Crippen LogP contribution in [-0.4, -0.2) is 53.2 Å². The van der Waals surface area contributed by atoms with Crippen LogP contribution in [0.1, 0.15) is 11.3 Å². The number of aromatic nitrogens is 3. The lowest BCUT2D eigenvalue weighted by Gasteiger charge is -2.23. The van der Waals surface area contributed by atoms with Crippen molar-refractivity contribution in [2.24, 2.45) is 5.10 Å². The van der Waals surface area contributed by atoms with Gasteiger partial charge in [0.2, 0.25) is 5.95 Å². The Labute approximate surface area is 193 Å². The van der Waals surface area contributed by atoms with Crippen LogP contribution in [0.3, 0.4) is 0 Å². The first-order valence-corrected chi connectivity index (χ1v) is 10.8. The van der Waals surface area contributed by atoms with Gasteiger partial charge in [-0.2, -0.15) is 9.49 Å². The minimum absolute atomic E-state index is 0.217. The molecule has 1 N–H and O–H groups in total. The molecule has 32 heavy (non-hydrogen) atoms. The van der Waals surface area contributed by atoms with Crippen LogP contribution in [0.5, 0.6) is 5.75 Å². The summed E-state index contributed by atoms with van der Waals surface area (Å²) in [6.45, 7) is 1.72. The molecule has 0 unspecified atom stereocenters. The van der Waals surface area contributed by atoms with E-state index in [-0.39, 0.29) is 18.5 Å². The van der Waals surface area contributed by atoms with Gasteiger partial charge in [0.15, 0.2) is 5.75 Å². The van der Waals surface area contributed by atoms with Crippen molar-refractivity contribution in [2.45, 2.75) is 12.5 Å². The predicted molar refractivity (Wildman–Crippen MR) is 120 cm³/mol. The maximum Gasteiger partial charge on any atom is 0.216 e. The fourth-order valence-electron chi connectivity index (χ4n) is 3.02. The van der Waals surface area contributed by atoms with E-state index in [2.05, 4.69) is 41.4 Å². The Hall–Kier alpha value is -2.95. The Balaban J connectivity index is 1.56. The van der Waals surface area contributed by atoms with Gasteiger partial charge in [0.1, 0.15) is 23.0 Å². The summed E-state index contributed by atoms with van der Waals surface area (Å²) < 4.78 is 31.2. The van der Waals surface area contributed by atoms with Crippen molar-refractivity contribution in [3.63, 3.8) is 0 Å². The molecule has 0 bridgehead atoms. The Bertz CT molecular complexity index is 1060. The summed E-state index contributed by atoms with van der Waals surface area (Å²) in [6, 6.07) is 10.6. The van der Waals surface area contributed by atoms with E-state index in [1.807, 2.05) is 30.3 Å². The van der Waals surface area contributed by atoms with Gasteiger partial charge < -0.3 is 14.2 Å². The molecule has 3 aromatic heterocycles. The zero-order valence-electron chi connectivity index (χ0n) is 17.1. The molecular weight excluding hydrogens is 481 g/mol. The highest BCUT2D eigenvalue weighted by molar-refractivity contribution is 9.10. The van der Waals surface area contributed by atoms with Crippen molar-refractivity contribution in [1.82, 2.24) is 15.0 Å². The molecule has 0 amide bonds. The van der Waals surface area contributed by atoms with E-state index in [0.29, 0.717) is 42.2 Å². The average molecular weight is 502 g/mol. The molecule has 10 heteroatoms. The van der Waals surface area contributed by atoms with E-state index in [1.54, 1.807) is 12.4 Å². The molecule has 0 spiro atoms. The molecule has 0 aromatic carbocycles. The van der Waals surface area contributed by atoms with Crippen molar-refractivity contribution >= 4 is 27.3 Å². The van der Waals surface area contributed by atoms with Gasteiger partial charge in [0, 0.05) is 36.1 Å². The number of rotatable bonds is 8. The van der Waals surface area contributed by atoms with E-state index in [9.17, 15) is 4.39 Å². The molecular formula is C22H21BrFN5O3. The fourth-order valence-corrected chi connectivity index (χ4v) is 3.39. The molecule has 1 aliphatic rings. The first kappa shape index (κ1) is 22.3. The third kappa shape index (κ3) is 6.28. The second kappa shape index (κ2) is 11.1. The molecule has 166 valence electrons. The molecule has 4 rings (SSSR count). The Kier molecular flexibility index (Phi) is 7.70. The van der Waals surface area contributed by atoms with Gasteiger partial charge in [0.25, 0.3) is 0 Å². The lowest BCUT2D eigenvalue weighted by Crippen LogP contribution is -2.33. The van der Waals surface area contributed by atoms with Crippen LogP contribution in [0, 0.1) is 5.95 Å². The van der Waals surface area contributed by atoms with Gasteiger partial charge in [-0.15, -0.1) is 0 Å². The first-order valence-electron chi connectivity index (χ1n) is 9.99. The standard InChI is InChI=1S/C22H21BrFN5O3/c23-21-9-15(4-6-26-21)18(10-16-3-1-2-5-25-16)28-29-19-12-27-22(24)11-20(19)32-14-17-13-30-7-8-31-17/h1-6,9,11-12,17,29H,7-8,10,13-14H2/b28-18-/t17-/m0/s1. The molecule has 1 aliphatic heterocycles. The number of halogens is 2. The van der Waals surface area contributed by atoms with E-state index in [0.717, 1.165) is 11.3 Å². The zero-order chi connectivity index (χ0) is 22.2. The lowest BCUT2D eigenvalue weighted by molar-refractivity contribution is -0.101. The highest BCUT2D eigenvalue weighted by Crippen LogP contribution is 2.25. The number of ether oxygens (including phenoxy) is 3. The van der Waals surface area contributed by atoms with Gasteiger partial charge in [-0.1, -0.05) is 6.07 Å². The minimum atomic E-state index is -0.651. The Morgan fingerprint density at radius 2 is 2.12 bits per heavy atom. The fraction of sp³-hybridized carbons (Fsp3) is 0.273. The monoisotopic (exact) mass is 501 g/mol. The summed E-state index contributed by atoms with van der Waals surface area (Å²) in [5, 5.41) is 4.57. The summed E-state index contributed by atoms with van der Waals surface area (Å²) >= 11 is 3.39. The minimum Gasteiger partial charge on any atom is -0.488 e. The summed E-state index contributed by atoms with van der Waals surface area (Å²) in [6.07, 6.45) is 5.02. The normalized spacial score (nSPS) is 16.6. The number of hydrogen-bond donors (Lipinski definition) is 1. The van der Waals surface area contributed by atoms with Crippen LogP contribution in [-0.2, 0) is 15.9 Å². The van der Waals surface area contributed by atoms with E-state index < -0.39 is 5.95 Å². The van der Waals surface area contributed by atoms with Gasteiger partial charge in [-0.05, 0) is 40.2 Å². The highest BCUT2D eigenvalue weighted by atomic mass is 79.9. The Morgan fingerprint density at radius 1 is 1.19 bits per heavy atom. The molecule has 1 atom stereocenters. The van der Waals surface area contributed by atoms with Crippen LogP contribution < -0.4 is 10.2 Å². The van der Waals surface area contributed by atoms with E-state index >= 15 is 0 Å². The quantitative estimate of drug-likeness (QED) is 0.286. The Morgan fingerprint density at radius 3 is 2.91 bits per heavy atom. The zero-order valence-corrected chi connectivity index (χ0v) is 18.7. The third-order valence-electron chi connectivity index (χ3n) is 4.59. The van der Waals surface area contributed by atoms with Crippen LogP contribution in [0.4, 0.5) is 10.1 Å².